The van der Waals surface area contributed by atoms with Gasteiger partial charge in [0.1, 0.15) is 5.75 Å². The minimum Gasteiger partial charge on any atom is -0.495 e. The minimum atomic E-state index is -3.61. The number of para-hydroxylation sites is 2. The topological polar surface area (TPSA) is 98.8 Å². The summed E-state index contributed by atoms with van der Waals surface area (Å²) in [4.78, 5) is 24.6. The Bertz CT molecular complexity index is 939. The number of amides is 1. The van der Waals surface area contributed by atoms with Crippen LogP contribution >= 0.6 is 0 Å². The fraction of sp³-hybridized carbons (Fsp3) is 0.263. The van der Waals surface area contributed by atoms with Crippen molar-refractivity contribution in [2.75, 3.05) is 18.2 Å². The van der Waals surface area contributed by atoms with E-state index in [0.717, 1.165) is 0 Å². The Morgan fingerprint density at radius 3 is 2.37 bits per heavy atom. The summed E-state index contributed by atoms with van der Waals surface area (Å²) in [5.74, 6) is -1.14. The number of carbonyl (C=O) groups is 2. The monoisotopic (exact) mass is 391 g/mol. The van der Waals surface area contributed by atoms with Gasteiger partial charge >= 0.3 is 5.97 Å². The van der Waals surface area contributed by atoms with Gasteiger partial charge in [0.05, 0.1) is 29.0 Å². The molecule has 0 spiro atoms. The Hall–Kier alpha value is -2.87. The number of methoxy groups -OCH3 is 1. The number of ether oxygens (including phenoxy) is 2. The molecular weight excluding hydrogens is 370 g/mol. The Kier molecular flexibility index (Phi) is 6.57. The summed E-state index contributed by atoms with van der Waals surface area (Å²) in [7, 11) is -2.13. The van der Waals surface area contributed by atoms with Gasteiger partial charge in [-0.05, 0) is 31.2 Å². The van der Waals surface area contributed by atoms with Crippen LogP contribution in [0.4, 0.5) is 5.69 Å². The largest absolute Gasteiger partial charge is 0.495 e. The molecule has 1 N–H and O–H groups in total. The minimum absolute atomic E-state index is 0.101. The van der Waals surface area contributed by atoms with Crippen molar-refractivity contribution in [2.45, 2.75) is 24.8 Å². The lowest BCUT2D eigenvalue weighted by molar-refractivity contribution is -0.123. The van der Waals surface area contributed by atoms with E-state index in [1.165, 1.54) is 45.2 Å². The number of sulfone groups is 1. The zero-order chi connectivity index (χ0) is 20.0. The third kappa shape index (κ3) is 4.85. The predicted molar refractivity (Wildman–Crippen MR) is 101 cm³/mol. The van der Waals surface area contributed by atoms with Crippen LogP contribution in [0, 0.1) is 0 Å². The lowest BCUT2D eigenvalue weighted by Gasteiger charge is -2.16. The Morgan fingerprint density at radius 2 is 1.70 bits per heavy atom. The molecule has 2 rings (SSSR count). The van der Waals surface area contributed by atoms with Crippen LogP contribution in [0.1, 0.15) is 24.2 Å². The van der Waals surface area contributed by atoms with E-state index >= 15 is 0 Å². The molecule has 0 unspecified atom stereocenters. The second-order valence-electron chi connectivity index (χ2n) is 5.64. The standard InChI is InChI=1S/C19H21NO6S/c1-4-27(23,24)17-12-8-5-9-14(17)19(22)26-13(2)18(21)20-15-10-6-7-11-16(15)25-3/h5-13H,4H2,1-3H3,(H,20,21)/t13-/m1/s1. The van der Waals surface area contributed by atoms with Crippen molar-refractivity contribution in [1.82, 2.24) is 0 Å². The van der Waals surface area contributed by atoms with E-state index < -0.39 is 27.8 Å². The summed E-state index contributed by atoms with van der Waals surface area (Å²) >= 11 is 0. The number of carbonyl (C=O) groups excluding carboxylic acids is 2. The molecule has 0 aliphatic heterocycles. The lowest BCUT2D eigenvalue weighted by Crippen LogP contribution is -2.30. The molecule has 0 saturated heterocycles. The maximum absolute atomic E-state index is 12.4. The molecule has 0 saturated carbocycles. The number of benzene rings is 2. The number of hydrogen-bond donors (Lipinski definition) is 1. The summed E-state index contributed by atoms with van der Waals surface area (Å²) in [5.41, 5.74) is 0.332. The lowest BCUT2D eigenvalue weighted by atomic mass is 10.2. The zero-order valence-corrected chi connectivity index (χ0v) is 16.1. The normalized spacial score (nSPS) is 12.1. The van der Waals surface area contributed by atoms with Gasteiger partial charge in [-0.3, -0.25) is 4.79 Å². The number of esters is 1. The van der Waals surface area contributed by atoms with Gasteiger partial charge in [0, 0.05) is 0 Å². The van der Waals surface area contributed by atoms with Crippen molar-refractivity contribution in [1.29, 1.82) is 0 Å². The summed E-state index contributed by atoms with van der Waals surface area (Å²) in [6.45, 7) is 2.89. The summed E-state index contributed by atoms with van der Waals surface area (Å²) in [5, 5.41) is 2.61. The molecular formula is C19H21NO6S. The fourth-order valence-electron chi connectivity index (χ4n) is 2.32. The quantitative estimate of drug-likeness (QED) is 0.729. The van der Waals surface area contributed by atoms with Crippen LogP contribution in [0.3, 0.4) is 0 Å². The first-order valence-corrected chi connectivity index (χ1v) is 9.92. The highest BCUT2D eigenvalue weighted by molar-refractivity contribution is 7.91. The first kappa shape index (κ1) is 20.4. The van der Waals surface area contributed by atoms with Crippen molar-refractivity contribution in [3.63, 3.8) is 0 Å². The molecule has 1 amide bonds. The molecule has 1 atom stereocenters. The van der Waals surface area contributed by atoms with Crippen molar-refractivity contribution in [3.8, 4) is 5.75 Å². The van der Waals surface area contributed by atoms with Gasteiger partial charge in [-0.2, -0.15) is 0 Å². The SMILES string of the molecule is CCS(=O)(=O)c1ccccc1C(=O)O[C@H](C)C(=O)Nc1ccccc1OC. The number of rotatable bonds is 7. The van der Waals surface area contributed by atoms with Crippen LogP contribution in [0.5, 0.6) is 5.75 Å². The van der Waals surface area contributed by atoms with E-state index in [4.69, 9.17) is 9.47 Å². The van der Waals surface area contributed by atoms with Crippen molar-refractivity contribution < 1.29 is 27.5 Å². The first-order valence-electron chi connectivity index (χ1n) is 8.26. The number of hydrogen-bond acceptors (Lipinski definition) is 6. The van der Waals surface area contributed by atoms with Gasteiger partial charge < -0.3 is 14.8 Å². The predicted octanol–water partition coefficient (Wildman–Crippen LogP) is 2.67. The molecule has 144 valence electrons. The molecule has 0 fully saturated rings. The van der Waals surface area contributed by atoms with Crippen LogP contribution in [0.25, 0.3) is 0 Å². The molecule has 2 aromatic carbocycles. The van der Waals surface area contributed by atoms with E-state index in [-0.39, 0.29) is 16.2 Å². The Balaban J connectivity index is 2.15. The zero-order valence-electron chi connectivity index (χ0n) is 15.3. The van der Waals surface area contributed by atoms with Crippen LogP contribution in [-0.2, 0) is 19.4 Å². The highest BCUT2D eigenvalue weighted by Gasteiger charge is 2.25. The third-order valence-corrected chi connectivity index (χ3v) is 5.63. The van der Waals surface area contributed by atoms with Gasteiger partial charge in [-0.1, -0.05) is 31.2 Å². The Labute approximate surface area is 158 Å². The van der Waals surface area contributed by atoms with Crippen LogP contribution in [-0.4, -0.2) is 39.3 Å². The van der Waals surface area contributed by atoms with E-state index in [0.29, 0.717) is 11.4 Å². The highest BCUT2D eigenvalue weighted by Crippen LogP contribution is 2.23. The second kappa shape index (κ2) is 8.68. The number of anilines is 1. The number of nitrogens with one attached hydrogen (secondary N) is 1. The third-order valence-electron chi connectivity index (χ3n) is 3.84. The fourth-order valence-corrected chi connectivity index (χ4v) is 3.41. The van der Waals surface area contributed by atoms with Crippen LogP contribution < -0.4 is 10.1 Å². The van der Waals surface area contributed by atoms with E-state index in [1.54, 1.807) is 24.3 Å². The Morgan fingerprint density at radius 1 is 1.07 bits per heavy atom. The van der Waals surface area contributed by atoms with Crippen molar-refractivity contribution in [3.05, 3.63) is 54.1 Å². The smallest absolute Gasteiger partial charge is 0.340 e. The molecule has 0 bridgehead atoms. The summed E-state index contributed by atoms with van der Waals surface area (Å²) < 4.78 is 34.6. The van der Waals surface area contributed by atoms with Gasteiger partial charge in [0.2, 0.25) is 0 Å². The molecule has 0 aliphatic carbocycles. The molecule has 2 aromatic rings. The maximum atomic E-state index is 12.4. The highest BCUT2D eigenvalue weighted by atomic mass is 32.2. The molecule has 0 radical (unpaired) electrons. The first-order chi connectivity index (χ1) is 12.8. The van der Waals surface area contributed by atoms with Gasteiger partial charge in [0.25, 0.3) is 5.91 Å². The average molecular weight is 391 g/mol. The molecule has 7 nitrogen and oxygen atoms in total. The van der Waals surface area contributed by atoms with Gasteiger partial charge in [-0.25, -0.2) is 13.2 Å². The van der Waals surface area contributed by atoms with Crippen LogP contribution in [0.2, 0.25) is 0 Å². The molecule has 8 heteroatoms. The molecule has 0 aromatic heterocycles. The van der Waals surface area contributed by atoms with Crippen molar-refractivity contribution in [2.24, 2.45) is 0 Å². The van der Waals surface area contributed by atoms with Gasteiger partial charge in [-0.15, -0.1) is 0 Å². The molecule has 0 aliphatic rings. The van der Waals surface area contributed by atoms with Crippen LogP contribution in [0.15, 0.2) is 53.4 Å². The maximum Gasteiger partial charge on any atom is 0.340 e. The molecule has 27 heavy (non-hydrogen) atoms. The van der Waals surface area contributed by atoms with Gasteiger partial charge in [0.15, 0.2) is 15.9 Å². The van der Waals surface area contributed by atoms with Crippen molar-refractivity contribution >= 4 is 27.4 Å². The summed E-state index contributed by atoms with van der Waals surface area (Å²) in [6, 6.07) is 12.6. The average Bonchev–Trinajstić information content (AvgIpc) is 2.68. The van der Waals surface area contributed by atoms with E-state index in [9.17, 15) is 18.0 Å². The second-order valence-corrected chi connectivity index (χ2v) is 7.88. The summed E-state index contributed by atoms with van der Waals surface area (Å²) in [6.07, 6.45) is -1.14. The molecule has 0 heterocycles. The van der Waals surface area contributed by atoms with E-state index in [1.807, 2.05) is 0 Å². The van der Waals surface area contributed by atoms with E-state index in [2.05, 4.69) is 5.32 Å².